The Labute approximate surface area is 152 Å². The first kappa shape index (κ1) is 18.0. The van der Waals surface area contributed by atoms with E-state index in [9.17, 15) is 9.18 Å². The third kappa shape index (κ3) is 4.24. The monoisotopic (exact) mass is 351 g/mol. The van der Waals surface area contributed by atoms with Crippen LogP contribution in [-0.2, 0) is 0 Å². The second kappa shape index (κ2) is 8.06. The molecule has 1 amide bonds. The lowest BCUT2D eigenvalue weighted by Crippen LogP contribution is -2.31. The Balaban J connectivity index is 1.84. The number of hydrogen-bond donors (Lipinski definition) is 1. The number of hydrogen-bond acceptors (Lipinski definition) is 3. The molecule has 2 aromatic carbocycles. The minimum absolute atomic E-state index is 0.135. The fourth-order valence-corrected chi connectivity index (χ4v) is 2.86. The second-order valence-corrected chi connectivity index (χ2v) is 6.54. The van der Waals surface area contributed by atoms with E-state index in [1.165, 1.54) is 6.07 Å². The molecular formula is C21H22FN3O. The molecule has 5 heteroatoms. The van der Waals surface area contributed by atoms with Gasteiger partial charge in [-0.1, -0.05) is 48.5 Å². The Morgan fingerprint density at radius 1 is 1.08 bits per heavy atom. The van der Waals surface area contributed by atoms with Crippen LogP contribution < -0.4 is 5.32 Å². The molecular weight excluding hydrogens is 329 g/mol. The Morgan fingerprint density at radius 3 is 2.58 bits per heavy atom. The van der Waals surface area contributed by atoms with Crippen molar-refractivity contribution in [1.29, 1.82) is 0 Å². The number of amides is 1. The van der Waals surface area contributed by atoms with Crippen molar-refractivity contribution < 1.29 is 9.18 Å². The molecule has 0 fully saturated rings. The van der Waals surface area contributed by atoms with Crippen LogP contribution >= 0.6 is 0 Å². The van der Waals surface area contributed by atoms with Gasteiger partial charge in [-0.2, -0.15) is 0 Å². The number of rotatable bonds is 6. The highest BCUT2D eigenvalue weighted by Gasteiger charge is 2.17. The Kier molecular flexibility index (Phi) is 5.58. The molecule has 0 aliphatic rings. The Bertz CT molecular complexity index is 896. The maximum absolute atomic E-state index is 14.0. The molecule has 0 unspecified atom stereocenters. The smallest absolute Gasteiger partial charge is 0.270 e. The van der Waals surface area contributed by atoms with Crippen LogP contribution in [0.15, 0.2) is 60.7 Å². The second-order valence-electron chi connectivity index (χ2n) is 6.54. The summed E-state index contributed by atoms with van der Waals surface area (Å²) in [7, 11) is 4.00. The first-order valence-corrected chi connectivity index (χ1v) is 8.60. The van der Waals surface area contributed by atoms with Crippen LogP contribution in [0.25, 0.3) is 10.9 Å². The van der Waals surface area contributed by atoms with Gasteiger partial charge in [0.2, 0.25) is 0 Å². The summed E-state index contributed by atoms with van der Waals surface area (Å²) in [5, 5.41) is 3.71. The lowest BCUT2D eigenvalue weighted by atomic mass is 10.0. The van der Waals surface area contributed by atoms with E-state index in [1.54, 1.807) is 24.3 Å². The molecule has 0 spiro atoms. The first-order chi connectivity index (χ1) is 12.5. The molecule has 3 rings (SSSR count). The van der Waals surface area contributed by atoms with Crippen molar-refractivity contribution in [2.24, 2.45) is 0 Å². The summed E-state index contributed by atoms with van der Waals surface area (Å²) in [4.78, 5) is 19.0. The molecule has 1 heterocycles. The fraction of sp³-hybridized carbons (Fsp3) is 0.238. The van der Waals surface area contributed by atoms with Crippen LogP contribution in [-0.4, -0.2) is 36.4 Å². The van der Waals surface area contributed by atoms with E-state index in [0.29, 0.717) is 5.39 Å². The van der Waals surface area contributed by atoms with Gasteiger partial charge in [0.15, 0.2) is 0 Å². The summed E-state index contributed by atoms with van der Waals surface area (Å²) in [6.45, 7) is 0.833. The molecule has 0 bridgehead atoms. The number of aromatic nitrogens is 1. The van der Waals surface area contributed by atoms with Crippen molar-refractivity contribution in [2.45, 2.75) is 12.5 Å². The number of nitrogens with one attached hydrogen (secondary N) is 1. The zero-order valence-corrected chi connectivity index (χ0v) is 14.9. The minimum Gasteiger partial charge on any atom is -0.344 e. The molecule has 3 aromatic rings. The van der Waals surface area contributed by atoms with Gasteiger partial charge >= 0.3 is 0 Å². The molecule has 4 nitrogen and oxygen atoms in total. The minimum atomic E-state index is -0.427. The van der Waals surface area contributed by atoms with Gasteiger partial charge in [-0.05, 0) is 44.8 Å². The lowest BCUT2D eigenvalue weighted by molar-refractivity contribution is 0.0928. The summed E-state index contributed by atoms with van der Waals surface area (Å²) in [5.74, 6) is -0.730. The average Bonchev–Trinajstić information content (AvgIpc) is 2.65. The molecule has 1 aromatic heterocycles. The maximum Gasteiger partial charge on any atom is 0.270 e. The summed E-state index contributed by atoms with van der Waals surface area (Å²) in [6.07, 6.45) is 0.769. The van der Waals surface area contributed by atoms with Crippen LogP contribution in [0.5, 0.6) is 0 Å². The molecule has 0 aliphatic heterocycles. The van der Waals surface area contributed by atoms with Gasteiger partial charge in [0.1, 0.15) is 17.0 Å². The highest BCUT2D eigenvalue weighted by molar-refractivity contribution is 5.95. The molecule has 0 saturated carbocycles. The van der Waals surface area contributed by atoms with Gasteiger partial charge in [-0.3, -0.25) is 4.79 Å². The van der Waals surface area contributed by atoms with Crippen LogP contribution in [0, 0.1) is 5.82 Å². The summed E-state index contributed by atoms with van der Waals surface area (Å²) in [6, 6.07) is 17.8. The molecule has 1 atom stereocenters. The van der Waals surface area contributed by atoms with E-state index >= 15 is 0 Å². The maximum atomic E-state index is 14.0. The van der Waals surface area contributed by atoms with Gasteiger partial charge in [0.25, 0.3) is 5.91 Å². The van der Waals surface area contributed by atoms with E-state index in [2.05, 4.69) is 15.2 Å². The van der Waals surface area contributed by atoms with Crippen molar-refractivity contribution in [3.05, 3.63) is 77.7 Å². The van der Waals surface area contributed by atoms with E-state index in [4.69, 9.17) is 0 Å². The Morgan fingerprint density at radius 2 is 1.85 bits per heavy atom. The van der Waals surface area contributed by atoms with Gasteiger partial charge in [0, 0.05) is 5.39 Å². The van der Waals surface area contributed by atoms with Crippen molar-refractivity contribution in [2.75, 3.05) is 20.6 Å². The van der Waals surface area contributed by atoms with Crippen molar-refractivity contribution in [3.8, 4) is 0 Å². The van der Waals surface area contributed by atoms with Crippen LogP contribution in [0.3, 0.4) is 0 Å². The lowest BCUT2D eigenvalue weighted by Gasteiger charge is -2.21. The summed E-state index contributed by atoms with van der Waals surface area (Å²) >= 11 is 0. The summed E-state index contributed by atoms with van der Waals surface area (Å²) < 4.78 is 14.0. The third-order valence-corrected chi connectivity index (χ3v) is 4.28. The number of nitrogens with zero attached hydrogens (tertiary/aromatic N) is 2. The quantitative estimate of drug-likeness (QED) is 0.735. The van der Waals surface area contributed by atoms with E-state index in [0.717, 1.165) is 18.5 Å². The normalized spacial score (nSPS) is 12.3. The predicted octanol–water partition coefficient (Wildman–Crippen LogP) is 3.80. The molecule has 134 valence electrons. The number of benzene rings is 2. The van der Waals surface area contributed by atoms with Crippen molar-refractivity contribution >= 4 is 16.8 Å². The SMILES string of the molecule is CN(C)CC[C@H](NC(=O)c1ccc2cccc(F)c2n1)c1ccccc1. The standard InChI is InChI=1S/C21H22FN3O/c1-25(2)14-13-18(15-7-4-3-5-8-15)24-21(26)19-12-11-16-9-6-10-17(22)20(16)23-19/h3-12,18H,13-14H2,1-2H3,(H,24,26)/t18-/m0/s1. The zero-order chi connectivity index (χ0) is 18.5. The van der Waals surface area contributed by atoms with E-state index < -0.39 is 5.82 Å². The number of fused-ring (bicyclic) bond motifs is 1. The van der Waals surface area contributed by atoms with Crippen LogP contribution in [0.4, 0.5) is 4.39 Å². The topological polar surface area (TPSA) is 45.2 Å². The zero-order valence-electron chi connectivity index (χ0n) is 14.9. The number of para-hydroxylation sites is 1. The highest BCUT2D eigenvalue weighted by Crippen LogP contribution is 2.19. The predicted molar refractivity (Wildman–Crippen MR) is 102 cm³/mol. The van der Waals surface area contributed by atoms with Crippen molar-refractivity contribution in [3.63, 3.8) is 0 Å². The third-order valence-electron chi connectivity index (χ3n) is 4.28. The van der Waals surface area contributed by atoms with Gasteiger partial charge in [-0.15, -0.1) is 0 Å². The molecule has 0 radical (unpaired) electrons. The van der Waals surface area contributed by atoms with Crippen LogP contribution in [0.2, 0.25) is 0 Å². The number of carbonyl (C=O) groups is 1. The molecule has 26 heavy (non-hydrogen) atoms. The largest absolute Gasteiger partial charge is 0.344 e. The van der Waals surface area contributed by atoms with Crippen LogP contribution in [0.1, 0.15) is 28.5 Å². The van der Waals surface area contributed by atoms with Crippen molar-refractivity contribution in [1.82, 2.24) is 15.2 Å². The fourth-order valence-electron chi connectivity index (χ4n) is 2.86. The number of pyridine rings is 1. The average molecular weight is 351 g/mol. The molecule has 0 aliphatic carbocycles. The molecule has 0 saturated heterocycles. The van der Waals surface area contributed by atoms with Gasteiger partial charge in [0.05, 0.1) is 6.04 Å². The number of halogens is 1. The van der Waals surface area contributed by atoms with E-state index in [1.807, 2.05) is 44.4 Å². The molecule has 1 N–H and O–H groups in total. The number of carbonyl (C=O) groups excluding carboxylic acids is 1. The summed E-state index contributed by atoms with van der Waals surface area (Å²) in [5.41, 5.74) is 1.47. The van der Waals surface area contributed by atoms with Gasteiger partial charge in [-0.25, -0.2) is 9.37 Å². The Hall–Kier alpha value is -2.79. The van der Waals surface area contributed by atoms with Gasteiger partial charge < -0.3 is 10.2 Å². The van der Waals surface area contributed by atoms with E-state index in [-0.39, 0.29) is 23.2 Å². The first-order valence-electron chi connectivity index (χ1n) is 8.60. The highest BCUT2D eigenvalue weighted by atomic mass is 19.1.